The number of hydrogen-bond donors (Lipinski definition) is 1. The maximum Gasteiger partial charge on any atom is 0.409 e. The van der Waals surface area contributed by atoms with Gasteiger partial charge in [-0.15, -0.1) is 0 Å². The molecular weight excluding hydrogens is 198 g/mol. The predicted octanol–water partition coefficient (Wildman–Crippen LogP) is 1.32. The fourth-order valence-electron chi connectivity index (χ4n) is 1.02. The van der Waals surface area contributed by atoms with Crippen LogP contribution in [-0.2, 0) is 4.74 Å². The second-order valence-electron chi connectivity index (χ2n) is 2.67. The molecular formula is C10H11NO4. The highest BCUT2D eigenvalue weighted by Crippen LogP contribution is 2.13. The van der Waals surface area contributed by atoms with Crippen LogP contribution in [0, 0.1) is 0 Å². The Kier molecular flexibility index (Phi) is 3.68. The molecule has 1 aromatic rings. The summed E-state index contributed by atoms with van der Waals surface area (Å²) < 4.78 is 9.39. The van der Waals surface area contributed by atoms with Crippen LogP contribution in [0.3, 0.4) is 0 Å². The van der Waals surface area contributed by atoms with E-state index in [2.05, 4.69) is 4.74 Å². The topological polar surface area (TPSA) is 78.6 Å². The summed E-state index contributed by atoms with van der Waals surface area (Å²) in [7, 11) is 0. The maximum absolute atomic E-state index is 11.3. The number of esters is 1. The number of carbonyl (C=O) groups excluding carboxylic acids is 2. The van der Waals surface area contributed by atoms with Crippen LogP contribution in [0.1, 0.15) is 17.3 Å². The smallest absolute Gasteiger partial charge is 0.409 e. The first kappa shape index (κ1) is 11.0. The zero-order valence-electron chi connectivity index (χ0n) is 8.23. The standard InChI is InChI=1S/C10H11NO4/c1-2-14-9(12)7-4-3-5-8(6-7)15-10(11)13/h3-6H,2H2,1H3,(H2,11,13). The molecule has 15 heavy (non-hydrogen) atoms. The van der Waals surface area contributed by atoms with E-state index in [9.17, 15) is 9.59 Å². The minimum absolute atomic E-state index is 0.216. The first-order chi connectivity index (χ1) is 7.13. The van der Waals surface area contributed by atoms with Crippen LogP contribution < -0.4 is 10.5 Å². The molecule has 0 unspecified atom stereocenters. The van der Waals surface area contributed by atoms with E-state index in [1.54, 1.807) is 19.1 Å². The van der Waals surface area contributed by atoms with Gasteiger partial charge in [0.15, 0.2) is 0 Å². The third-order valence-electron chi connectivity index (χ3n) is 1.56. The van der Waals surface area contributed by atoms with Crippen LogP contribution in [0.4, 0.5) is 4.79 Å². The molecule has 0 radical (unpaired) electrons. The van der Waals surface area contributed by atoms with Gasteiger partial charge in [0, 0.05) is 0 Å². The Balaban J connectivity index is 2.82. The second kappa shape index (κ2) is 4.99. The summed E-state index contributed by atoms with van der Waals surface area (Å²) in [6.07, 6.45) is -0.920. The first-order valence-corrected chi connectivity index (χ1v) is 4.38. The number of benzene rings is 1. The van der Waals surface area contributed by atoms with Gasteiger partial charge in [-0.1, -0.05) is 6.07 Å². The van der Waals surface area contributed by atoms with Gasteiger partial charge in [-0.3, -0.25) is 0 Å². The van der Waals surface area contributed by atoms with Gasteiger partial charge < -0.3 is 15.2 Å². The van der Waals surface area contributed by atoms with Crippen LogP contribution in [0.2, 0.25) is 0 Å². The van der Waals surface area contributed by atoms with Crippen molar-refractivity contribution < 1.29 is 19.1 Å². The normalized spacial score (nSPS) is 9.40. The van der Waals surface area contributed by atoms with Crippen LogP contribution in [-0.4, -0.2) is 18.7 Å². The Labute approximate surface area is 86.8 Å². The molecule has 0 aliphatic carbocycles. The molecule has 80 valence electrons. The molecule has 0 aromatic heterocycles. The van der Waals surface area contributed by atoms with E-state index in [-0.39, 0.29) is 5.75 Å². The van der Waals surface area contributed by atoms with Crippen molar-refractivity contribution in [1.29, 1.82) is 0 Å². The molecule has 1 aromatic carbocycles. The third-order valence-corrected chi connectivity index (χ3v) is 1.56. The van der Waals surface area contributed by atoms with E-state index in [0.29, 0.717) is 12.2 Å². The molecule has 0 aliphatic heterocycles. The van der Waals surface area contributed by atoms with Crippen molar-refractivity contribution in [1.82, 2.24) is 0 Å². The average Bonchev–Trinajstić information content (AvgIpc) is 2.17. The summed E-state index contributed by atoms with van der Waals surface area (Å²) in [5.74, 6) is -0.250. The largest absolute Gasteiger partial charge is 0.462 e. The molecule has 1 rings (SSSR count). The van der Waals surface area contributed by atoms with Crippen LogP contribution in [0.25, 0.3) is 0 Å². The van der Waals surface area contributed by atoms with Crippen molar-refractivity contribution in [2.45, 2.75) is 6.92 Å². The molecule has 0 atom stereocenters. The number of hydrogen-bond acceptors (Lipinski definition) is 4. The van der Waals surface area contributed by atoms with Gasteiger partial charge in [-0.05, 0) is 25.1 Å². The maximum atomic E-state index is 11.3. The molecule has 0 saturated heterocycles. The van der Waals surface area contributed by atoms with E-state index in [1.807, 2.05) is 0 Å². The lowest BCUT2D eigenvalue weighted by Crippen LogP contribution is -2.16. The first-order valence-electron chi connectivity index (χ1n) is 4.38. The molecule has 5 heteroatoms. The van der Waals surface area contributed by atoms with Crippen LogP contribution in [0.15, 0.2) is 24.3 Å². The van der Waals surface area contributed by atoms with Crippen molar-refractivity contribution in [3.05, 3.63) is 29.8 Å². The van der Waals surface area contributed by atoms with Gasteiger partial charge in [0.2, 0.25) is 0 Å². The molecule has 0 saturated carbocycles. The lowest BCUT2D eigenvalue weighted by Gasteiger charge is -2.04. The molecule has 0 bridgehead atoms. The summed E-state index contributed by atoms with van der Waals surface area (Å²) in [6.45, 7) is 2.00. The van der Waals surface area contributed by atoms with Crippen LogP contribution >= 0.6 is 0 Å². The van der Waals surface area contributed by atoms with Gasteiger partial charge >= 0.3 is 12.1 Å². The second-order valence-corrected chi connectivity index (χ2v) is 2.67. The zero-order valence-corrected chi connectivity index (χ0v) is 8.23. The molecule has 0 fully saturated rings. The number of primary amides is 1. The summed E-state index contributed by atoms with van der Waals surface area (Å²) in [5, 5.41) is 0. The Morgan fingerprint density at radius 3 is 2.73 bits per heavy atom. The highest BCUT2D eigenvalue weighted by Gasteiger charge is 2.07. The summed E-state index contributed by atoms with van der Waals surface area (Å²) in [5.41, 5.74) is 5.15. The monoisotopic (exact) mass is 209 g/mol. The number of carbonyl (C=O) groups is 2. The molecule has 0 spiro atoms. The zero-order chi connectivity index (χ0) is 11.3. The number of ether oxygens (including phenoxy) is 2. The van der Waals surface area contributed by atoms with Gasteiger partial charge in [-0.2, -0.15) is 0 Å². The third kappa shape index (κ3) is 3.30. The molecule has 0 heterocycles. The van der Waals surface area contributed by atoms with E-state index < -0.39 is 12.1 Å². The van der Waals surface area contributed by atoms with E-state index in [0.717, 1.165) is 0 Å². The number of amides is 1. The van der Waals surface area contributed by atoms with Gasteiger partial charge in [0.25, 0.3) is 0 Å². The molecule has 1 amide bonds. The van der Waals surface area contributed by atoms with Crippen molar-refractivity contribution >= 4 is 12.1 Å². The molecule has 0 aliphatic rings. The molecule has 5 nitrogen and oxygen atoms in total. The van der Waals surface area contributed by atoms with Gasteiger partial charge in [0.1, 0.15) is 5.75 Å². The van der Waals surface area contributed by atoms with Gasteiger partial charge in [0.05, 0.1) is 12.2 Å². The lowest BCUT2D eigenvalue weighted by molar-refractivity contribution is 0.0526. The van der Waals surface area contributed by atoms with E-state index in [4.69, 9.17) is 10.5 Å². The van der Waals surface area contributed by atoms with E-state index >= 15 is 0 Å². The highest BCUT2D eigenvalue weighted by atomic mass is 16.5. The summed E-state index contributed by atoms with van der Waals surface area (Å²) >= 11 is 0. The van der Waals surface area contributed by atoms with Crippen LogP contribution in [0.5, 0.6) is 5.75 Å². The van der Waals surface area contributed by atoms with Crippen molar-refractivity contribution in [3.63, 3.8) is 0 Å². The summed E-state index contributed by atoms with van der Waals surface area (Å²) in [4.78, 5) is 21.7. The van der Waals surface area contributed by atoms with E-state index in [1.165, 1.54) is 12.1 Å². The highest BCUT2D eigenvalue weighted by molar-refractivity contribution is 5.90. The fraction of sp³-hybridized carbons (Fsp3) is 0.200. The Bertz CT molecular complexity index is 375. The van der Waals surface area contributed by atoms with Gasteiger partial charge in [-0.25, -0.2) is 9.59 Å². The number of rotatable bonds is 3. The average molecular weight is 209 g/mol. The summed E-state index contributed by atoms with van der Waals surface area (Å²) in [6, 6.07) is 6.05. The molecule has 2 N–H and O–H groups in total. The van der Waals surface area contributed by atoms with Crippen molar-refractivity contribution in [2.75, 3.05) is 6.61 Å². The Morgan fingerprint density at radius 1 is 1.40 bits per heavy atom. The quantitative estimate of drug-likeness (QED) is 0.761. The fourth-order valence-corrected chi connectivity index (χ4v) is 1.02. The number of nitrogens with two attached hydrogens (primary N) is 1. The minimum atomic E-state index is -0.920. The van der Waals surface area contributed by atoms with Crippen molar-refractivity contribution in [2.24, 2.45) is 5.73 Å². The predicted molar refractivity (Wildman–Crippen MR) is 52.6 cm³/mol. The SMILES string of the molecule is CCOC(=O)c1cccc(OC(N)=O)c1. The van der Waals surface area contributed by atoms with Crippen molar-refractivity contribution in [3.8, 4) is 5.75 Å². The minimum Gasteiger partial charge on any atom is -0.462 e. The Hall–Kier alpha value is -2.04. The lowest BCUT2D eigenvalue weighted by atomic mass is 10.2. The Morgan fingerprint density at radius 2 is 2.13 bits per heavy atom.